The molecule has 0 spiro atoms. The predicted octanol–water partition coefficient (Wildman–Crippen LogP) is 6.74. The molecule has 4 rings (SSSR count). The van der Waals surface area contributed by atoms with Crippen LogP contribution in [0.25, 0.3) is 5.76 Å². The van der Waals surface area contributed by atoms with Gasteiger partial charge in [-0.1, -0.05) is 39.0 Å². The zero-order valence-corrected chi connectivity index (χ0v) is 23.6. The van der Waals surface area contributed by atoms with Gasteiger partial charge in [-0.2, -0.15) is 0 Å². The number of anilines is 2. The average Bonchev–Trinajstić information content (AvgIpc) is 3.19. The molecule has 1 saturated heterocycles. The molecule has 1 amide bonds. The van der Waals surface area contributed by atoms with Crippen LogP contribution >= 0.6 is 0 Å². The monoisotopic (exact) mass is 548 g/mol. The molecule has 6 nitrogen and oxygen atoms in total. The zero-order valence-electron chi connectivity index (χ0n) is 23.6. The van der Waals surface area contributed by atoms with E-state index in [0.29, 0.717) is 11.3 Å². The molecule has 3 aromatic rings. The lowest BCUT2D eigenvalue weighted by Gasteiger charge is -2.27. The topological polar surface area (TPSA) is 70.1 Å². The van der Waals surface area contributed by atoms with Crippen LogP contribution in [0.15, 0.2) is 66.2 Å². The molecule has 3 aromatic carbocycles. The number of methoxy groups -OCH3 is 1. The van der Waals surface area contributed by atoms with Crippen molar-refractivity contribution in [3.05, 3.63) is 94.6 Å². The van der Waals surface area contributed by atoms with E-state index in [1.54, 1.807) is 24.3 Å². The van der Waals surface area contributed by atoms with Crippen molar-refractivity contribution in [2.75, 3.05) is 30.0 Å². The van der Waals surface area contributed by atoms with Crippen molar-refractivity contribution in [3.63, 3.8) is 0 Å². The fourth-order valence-corrected chi connectivity index (χ4v) is 5.03. The summed E-state index contributed by atoms with van der Waals surface area (Å²) < 4.78 is 34.8. The molecule has 1 unspecified atom stereocenters. The lowest BCUT2D eigenvalue weighted by atomic mass is 9.85. The second-order valence-corrected chi connectivity index (χ2v) is 10.7. The molecule has 1 aliphatic heterocycles. The van der Waals surface area contributed by atoms with E-state index >= 15 is 4.39 Å². The minimum absolute atomic E-state index is 0.220. The third kappa shape index (κ3) is 5.18. The molecule has 210 valence electrons. The Balaban J connectivity index is 2.00. The van der Waals surface area contributed by atoms with Crippen molar-refractivity contribution in [1.82, 2.24) is 0 Å². The smallest absolute Gasteiger partial charge is 0.300 e. The van der Waals surface area contributed by atoms with E-state index in [4.69, 9.17) is 4.74 Å². The molecule has 1 aliphatic rings. The van der Waals surface area contributed by atoms with Crippen molar-refractivity contribution in [2.45, 2.75) is 46.1 Å². The molecule has 0 radical (unpaired) electrons. The summed E-state index contributed by atoms with van der Waals surface area (Å²) in [7, 11) is 1.44. The second-order valence-electron chi connectivity index (χ2n) is 10.7. The first-order valence-electron chi connectivity index (χ1n) is 13.2. The van der Waals surface area contributed by atoms with Crippen LogP contribution in [0.2, 0.25) is 0 Å². The largest absolute Gasteiger partial charge is 0.507 e. The van der Waals surface area contributed by atoms with Gasteiger partial charge in [-0.15, -0.1) is 0 Å². The second kappa shape index (κ2) is 11.1. The molecule has 1 N–H and O–H groups in total. The number of halogens is 2. The van der Waals surface area contributed by atoms with Gasteiger partial charge in [0.2, 0.25) is 0 Å². The molecule has 8 heteroatoms. The molecule has 0 bridgehead atoms. The van der Waals surface area contributed by atoms with Crippen LogP contribution in [0.3, 0.4) is 0 Å². The number of amides is 1. The number of ether oxygens (including phenoxy) is 1. The number of carbonyl (C=O) groups excluding carboxylic acids is 2. The summed E-state index contributed by atoms with van der Waals surface area (Å²) in [5, 5.41) is 11.7. The normalized spacial score (nSPS) is 16.9. The van der Waals surface area contributed by atoms with Gasteiger partial charge >= 0.3 is 0 Å². The van der Waals surface area contributed by atoms with Crippen molar-refractivity contribution in [2.24, 2.45) is 0 Å². The van der Waals surface area contributed by atoms with Crippen molar-refractivity contribution in [3.8, 4) is 5.75 Å². The van der Waals surface area contributed by atoms with Crippen LogP contribution in [-0.4, -0.2) is 37.0 Å². The molecule has 1 heterocycles. The first-order chi connectivity index (χ1) is 18.9. The van der Waals surface area contributed by atoms with E-state index in [9.17, 15) is 19.1 Å². The molecule has 1 fully saturated rings. The lowest BCUT2D eigenvalue weighted by Crippen LogP contribution is -2.30. The number of benzene rings is 3. The molecule has 0 aromatic heterocycles. The Kier molecular flexibility index (Phi) is 8.00. The Labute approximate surface area is 233 Å². The minimum atomic E-state index is -1.22. The van der Waals surface area contributed by atoms with E-state index < -0.39 is 40.8 Å². The van der Waals surface area contributed by atoms with Gasteiger partial charge in [-0.3, -0.25) is 14.5 Å². The number of carbonyl (C=O) groups is 2. The van der Waals surface area contributed by atoms with Crippen molar-refractivity contribution >= 4 is 28.8 Å². The van der Waals surface area contributed by atoms with Crippen LogP contribution in [0.4, 0.5) is 20.2 Å². The minimum Gasteiger partial charge on any atom is -0.507 e. The summed E-state index contributed by atoms with van der Waals surface area (Å²) in [5.41, 5.74) is 1.52. The molecular weight excluding hydrogens is 514 g/mol. The van der Waals surface area contributed by atoms with Gasteiger partial charge in [0.15, 0.2) is 0 Å². The number of hydrogen-bond acceptors (Lipinski definition) is 5. The standard InChI is InChI=1S/C32H34F2N2O4/c1-7-35(8-2)22-13-9-19(10-14-22)28-27(29(37)23-17-20(32(3,4)5)11-16-26(23)40-6)30(38)31(39)36(28)25-18-21(33)12-15-24(25)34/h9-18,28,37H,7-8H2,1-6H3/b29-27+. The third-order valence-electron chi connectivity index (χ3n) is 7.27. The Morgan fingerprint density at radius 1 is 0.975 bits per heavy atom. The summed E-state index contributed by atoms with van der Waals surface area (Å²) in [5.74, 6) is -3.89. The van der Waals surface area contributed by atoms with E-state index in [-0.39, 0.29) is 16.6 Å². The maximum Gasteiger partial charge on any atom is 0.300 e. The first-order valence-corrected chi connectivity index (χ1v) is 13.2. The molecule has 1 atom stereocenters. The number of Topliss-reactive ketones (excluding diaryl/α,β-unsaturated/α-hetero) is 1. The highest BCUT2D eigenvalue weighted by atomic mass is 19.1. The number of hydrogen-bond donors (Lipinski definition) is 1. The molecule has 0 saturated carbocycles. The van der Waals surface area contributed by atoms with Gasteiger partial charge < -0.3 is 14.7 Å². The van der Waals surface area contributed by atoms with Gasteiger partial charge in [0.1, 0.15) is 23.1 Å². The van der Waals surface area contributed by atoms with Gasteiger partial charge in [-0.25, -0.2) is 8.78 Å². The van der Waals surface area contributed by atoms with Crippen LogP contribution in [-0.2, 0) is 15.0 Å². The maximum atomic E-state index is 15.0. The zero-order chi connectivity index (χ0) is 29.4. The summed E-state index contributed by atoms with van der Waals surface area (Å²) in [4.78, 5) is 30.0. The SMILES string of the molecule is CCN(CC)c1ccc(C2/C(=C(\O)c3cc(C(C)(C)C)ccc3OC)C(=O)C(=O)N2c2cc(F)ccc2F)cc1. The number of nitrogens with zero attached hydrogens (tertiary/aromatic N) is 2. The highest BCUT2D eigenvalue weighted by Gasteiger charge is 2.48. The Bertz CT molecular complexity index is 1470. The van der Waals surface area contributed by atoms with E-state index in [0.717, 1.165) is 47.4 Å². The highest BCUT2D eigenvalue weighted by molar-refractivity contribution is 6.51. The van der Waals surface area contributed by atoms with Gasteiger partial charge in [0.05, 0.1) is 30.0 Å². The van der Waals surface area contributed by atoms with Crippen LogP contribution in [0, 0.1) is 11.6 Å². The predicted molar refractivity (Wildman–Crippen MR) is 153 cm³/mol. The number of aliphatic hydroxyl groups excluding tert-OH is 1. The lowest BCUT2D eigenvalue weighted by molar-refractivity contribution is -0.132. The van der Waals surface area contributed by atoms with E-state index in [2.05, 4.69) is 4.90 Å². The first kappa shape index (κ1) is 28.8. The maximum absolute atomic E-state index is 15.0. The highest BCUT2D eigenvalue weighted by Crippen LogP contribution is 2.45. The summed E-state index contributed by atoms with van der Waals surface area (Å²) in [6, 6.07) is 13.9. The summed E-state index contributed by atoms with van der Waals surface area (Å²) in [6.07, 6.45) is 0. The Morgan fingerprint density at radius 3 is 2.20 bits per heavy atom. The number of ketones is 1. The quantitative estimate of drug-likeness (QED) is 0.201. The number of aliphatic hydroxyl groups is 1. The summed E-state index contributed by atoms with van der Waals surface area (Å²) >= 11 is 0. The Morgan fingerprint density at radius 2 is 1.62 bits per heavy atom. The van der Waals surface area contributed by atoms with Gasteiger partial charge in [-0.05, 0) is 66.8 Å². The summed E-state index contributed by atoms with van der Waals surface area (Å²) in [6.45, 7) is 11.6. The van der Waals surface area contributed by atoms with Gasteiger partial charge in [0.25, 0.3) is 11.7 Å². The molecule has 0 aliphatic carbocycles. The van der Waals surface area contributed by atoms with Crippen LogP contribution in [0.1, 0.15) is 57.4 Å². The van der Waals surface area contributed by atoms with E-state index in [1.165, 1.54) is 7.11 Å². The van der Waals surface area contributed by atoms with Crippen LogP contribution in [0.5, 0.6) is 5.75 Å². The van der Waals surface area contributed by atoms with Gasteiger partial charge in [0, 0.05) is 24.8 Å². The van der Waals surface area contributed by atoms with E-state index in [1.807, 2.05) is 52.8 Å². The fourth-order valence-electron chi connectivity index (χ4n) is 5.03. The average molecular weight is 549 g/mol. The number of rotatable bonds is 7. The fraction of sp³-hybridized carbons (Fsp3) is 0.312. The third-order valence-corrected chi connectivity index (χ3v) is 7.27. The molecule has 40 heavy (non-hydrogen) atoms. The Hall–Kier alpha value is -4.20. The van der Waals surface area contributed by atoms with Crippen molar-refractivity contribution < 1.29 is 28.2 Å². The van der Waals surface area contributed by atoms with Crippen LogP contribution < -0.4 is 14.5 Å². The molecular formula is C32H34F2N2O4. The van der Waals surface area contributed by atoms with Crippen molar-refractivity contribution in [1.29, 1.82) is 0 Å².